The predicted molar refractivity (Wildman–Crippen MR) is 62.7 cm³/mol. The topological polar surface area (TPSA) is 21.3 Å². The molecular formula is C12H27NO. The third-order valence-corrected chi connectivity index (χ3v) is 2.55. The lowest BCUT2D eigenvalue weighted by atomic mass is 10.0. The molecule has 0 aliphatic carbocycles. The van der Waals surface area contributed by atoms with Gasteiger partial charge in [-0.25, -0.2) is 0 Å². The molecule has 86 valence electrons. The summed E-state index contributed by atoms with van der Waals surface area (Å²) in [5.74, 6) is 0. The first kappa shape index (κ1) is 13.9. The second-order valence-corrected chi connectivity index (χ2v) is 3.89. The van der Waals surface area contributed by atoms with Crippen molar-refractivity contribution < 1.29 is 4.74 Å². The molecular weight excluding hydrogens is 174 g/mol. The second-order valence-electron chi connectivity index (χ2n) is 3.89. The van der Waals surface area contributed by atoms with Gasteiger partial charge < -0.3 is 10.1 Å². The molecule has 14 heavy (non-hydrogen) atoms. The van der Waals surface area contributed by atoms with Gasteiger partial charge in [-0.2, -0.15) is 0 Å². The summed E-state index contributed by atoms with van der Waals surface area (Å²) < 4.78 is 5.07. The van der Waals surface area contributed by atoms with Crippen LogP contribution < -0.4 is 5.32 Å². The molecule has 2 heteroatoms. The predicted octanol–water partition coefficient (Wildman–Crippen LogP) is 2.97. The van der Waals surface area contributed by atoms with E-state index in [1.54, 1.807) is 7.11 Å². The first-order chi connectivity index (χ1) is 6.85. The minimum absolute atomic E-state index is 0.710. The fraction of sp³-hybridized carbons (Fsp3) is 1.00. The van der Waals surface area contributed by atoms with E-state index in [0.717, 1.165) is 13.2 Å². The summed E-state index contributed by atoms with van der Waals surface area (Å²) in [6, 6.07) is 0.710. The fourth-order valence-corrected chi connectivity index (χ4v) is 1.75. The van der Waals surface area contributed by atoms with Gasteiger partial charge in [0, 0.05) is 19.8 Å². The van der Waals surface area contributed by atoms with E-state index >= 15 is 0 Å². The van der Waals surface area contributed by atoms with Crippen molar-refractivity contribution in [2.45, 2.75) is 58.4 Å². The van der Waals surface area contributed by atoms with Crippen LogP contribution in [-0.4, -0.2) is 26.3 Å². The van der Waals surface area contributed by atoms with E-state index in [9.17, 15) is 0 Å². The molecule has 2 nitrogen and oxygen atoms in total. The Balaban J connectivity index is 3.44. The van der Waals surface area contributed by atoms with Crippen LogP contribution >= 0.6 is 0 Å². The molecule has 1 atom stereocenters. The van der Waals surface area contributed by atoms with E-state index in [4.69, 9.17) is 4.74 Å². The number of ether oxygens (including phenoxy) is 1. The number of rotatable bonds is 10. The van der Waals surface area contributed by atoms with Crippen molar-refractivity contribution in [3.63, 3.8) is 0 Å². The highest BCUT2D eigenvalue weighted by molar-refractivity contribution is 4.65. The van der Waals surface area contributed by atoms with Crippen molar-refractivity contribution in [1.82, 2.24) is 5.32 Å². The third-order valence-electron chi connectivity index (χ3n) is 2.55. The number of hydrogen-bond acceptors (Lipinski definition) is 2. The van der Waals surface area contributed by atoms with E-state index in [-0.39, 0.29) is 0 Å². The van der Waals surface area contributed by atoms with Crippen molar-refractivity contribution in [3.05, 3.63) is 0 Å². The highest BCUT2D eigenvalue weighted by atomic mass is 16.5. The number of hydrogen-bond donors (Lipinski definition) is 1. The largest absolute Gasteiger partial charge is 0.385 e. The summed E-state index contributed by atoms with van der Waals surface area (Å²) in [4.78, 5) is 0. The zero-order chi connectivity index (χ0) is 10.6. The zero-order valence-electron chi connectivity index (χ0n) is 10.1. The molecule has 0 amide bonds. The maximum atomic E-state index is 5.07. The van der Waals surface area contributed by atoms with Gasteiger partial charge in [-0.15, -0.1) is 0 Å². The Bertz CT molecular complexity index is 96.5. The molecule has 0 fully saturated rings. The molecule has 0 rings (SSSR count). The Hall–Kier alpha value is -0.0800. The Kier molecular flexibility index (Phi) is 10.9. The lowest BCUT2D eigenvalue weighted by Gasteiger charge is -2.17. The van der Waals surface area contributed by atoms with Crippen LogP contribution in [-0.2, 0) is 4.74 Å². The Morgan fingerprint density at radius 2 is 1.79 bits per heavy atom. The van der Waals surface area contributed by atoms with Crippen molar-refractivity contribution in [1.29, 1.82) is 0 Å². The average Bonchev–Trinajstić information content (AvgIpc) is 2.18. The quantitative estimate of drug-likeness (QED) is 0.549. The molecule has 0 radical (unpaired) electrons. The minimum atomic E-state index is 0.710. The molecule has 0 heterocycles. The number of nitrogens with one attached hydrogen (secondary N) is 1. The maximum absolute atomic E-state index is 5.07. The molecule has 1 N–H and O–H groups in total. The lowest BCUT2D eigenvalue weighted by Crippen LogP contribution is -2.29. The molecule has 0 saturated carbocycles. The molecule has 0 aromatic rings. The zero-order valence-corrected chi connectivity index (χ0v) is 10.1. The summed E-state index contributed by atoms with van der Waals surface area (Å²) in [6.45, 7) is 6.43. The van der Waals surface area contributed by atoms with Crippen LogP contribution in [0.25, 0.3) is 0 Å². The van der Waals surface area contributed by atoms with Crippen LogP contribution in [0, 0.1) is 0 Å². The van der Waals surface area contributed by atoms with Crippen molar-refractivity contribution >= 4 is 0 Å². The molecule has 0 spiro atoms. The number of methoxy groups -OCH3 is 1. The van der Waals surface area contributed by atoms with E-state index in [0.29, 0.717) is 6.04 Å². The molecule has 0 saturated heterocycles. The average molecular weight is 201 g/mol. The lowest BCUT2D eigenvalue weighted by molar-refractivity contribution is 0.188. The van der Waals surface area contributed by atoms with Gasteiger partial charge in [-0.3, -0.25) is 0 Å². The second kappa shape index (κ2) is 11.0. The van der Waals surface area contributed by atoms with E-state index < -0.39 is 0 Å². The highest BCUT2D eigenvalue weighted by Gasteiger charge is 2.05. The summed E-state index contributed by atoms with van der Waals surface area (Å²) in [7, 11) is 1.78. The standard InChI is InChI=1S/C12H27NO/c1-4-6-7-9-12(13-5-2)10-8-11-14-3/h12-13H,4-11H2,1-3H3. The van der Waals surface area contributed by atoms with E-state index in [2.05, 4.69) is 19.2 Å². The SMILES string of the molecule is CCCCCC(CCCOC)NCC. The maximum Gasteiger partial charge on any atom is 0.0462 e. The van der Waals surface area contributed by atoms with Crippen molar-refractivity contribution in [2.75, 3.05) is 20.3 Å². The van der Waals surface area contributed by atoms with Crippen LogP contribution in [0.15, 0.2) is 0 Å². The van der Waals surface area contributed by atoms with Gasteiger partial charge in [0.1, 0.15) is 0 Å². The van der Waals surface area contributed by atoms with Crippen LogP contribution in [0.1, 0.15) is 52.4 Å². The Morgan fingerprint density at radius 3 is 2.36 bits per heavy atom. The van der Waals surface area contributed by atoms with Gasteiger partial charge in [0.2, 0.25) is 0 Å². The Labute approximate surface area is 89.4 Å². The normalized spacial score (nSPS) is 13.1. The monoisotopic (exact) mass is 201 g/mol. The number of unbranched alkanes of at least 4 members (excludes halogenated alkanes) is 2. The van der Waals surface area contributed by atoms with Gasteiger partial charge >= 0.3 is 0 Å². The van der Waals surface area contributed by atoms with Gasteiger partial charge in [-0.1, -0.05) is 33.1 Å². The molecule has 1 unspecified atom stereocenters. The van der Waals surface area contributed by atoms with Crippen molar-refractivity contribution in [2.24, 2.45) is 0 Å². The first-order valence-electron chi connectivity index (χ1n) is 6.07. The van der Waals surface area contributed by atoms with Gasteiger partial charge in [0.25, 0.3) is 0 Å². The molecule has 0 aliphatic heterocycles. The molecule has 0 bridgehead atoms. The van der Waals surface area contributed by atoms with E-state index in [1.807, 2.05) is 0 Å². The smallest absolute Gasteiger partial charge is 0.0462 e. The first-order valence-corrected chi connectivity index (χ1v) is 6.07. The van der Waals surface area contributed by atoms with E-state index in [1.165, 1.54) is 38.5 Å². The van der Waals surface area contributed by atoms with Crippen LogP contribution in [0.4, 0.5) is 0 Å². The fourth-order valence-electron chi connectivity index (χ4n) is 1.75. The van der Waals surface area contributed by atoms with Gasteiger partial charge in [-0.05, 0) is 25.8 Å². The van der Waals surface area contributed by atoms with Crippen LogP contribution in [0.5, 0.6) is 0 Å². The van der Waals surface area contributed by atoms with Gasteiger partial charge in [0.15, 0.2) is 0 Å². The Morgan fingerprint density at radius 1 is 1.07 bits per heavy atom. The summed E-state index contributed by atoms with van der Waals surface area (Å²) in [5, 5.41) is 3.54. The summed E-state index contributed by atoms with van der Waals surface area (Å²) >= 11 is 0. The van der Waals surface area contributed by atoms with Crippen molar-refractivity contribution in [3.8, 4) is 0 Å². The van der Waals surface area contributed by atoms with Crippen LogP contribution in [0.2, 0.25) is 0 Å². The minimum Gasteiger partial charge on any atom is -0.385 e. The molecule has 0 aliphatic rings. The summed E-state index contributed by atoms with van der Waals surface area (Å²) in [5.41, 5.74) is 0. The van der Waals surface area contributed by atoms with Crippen LogP contribution in [0.3, 0.4) is 0 Å². The summed E-state index contributed by atoms with van der Waals surface area (Å²) in [6.07, 6.45) is 7.81. The third kappa shape index (κ3) is 8.52. The highest BCUT2D eigenvalue weighted by Crippen LogP contribution is 2.08. The molecule has 0 aromatic carbocycles. The van der Waals surface area contributed by atoms with Gasteiger partial charge in [0.05, 0.1) is 0 Å². The molecule has 0 aromatic heterocycles.